The van der Waals surface area contributed by atoms with Crippen molar-refractivity contribution in [2.45, 2.75) is 56.5 Å². The fraction of sp³-hybridized carbons (Fsp3) is 0.562. The molecule has 0 saturated heterocycles. The summed E-state index contributed by atoms with van der Waals surface area (Å²) in [5.74, 6) is 0. The Bertz CT molecular complexity index is 428. The normalized spacial score (nSPS) is 27.1. The van der Waals surface area contributed by atoms with Crippen LogP contribution in [0.15, 0.2) is 35.3 Å². The number of rotatable bonds is 5. The summed E-state index contributed by atoms with van der Waals surface area (Å²) in [6.07, 6.45) is 5.52. The van der Waals surface area contributed by atoms with Gasteiger partial charge in [0.25, 0.3) is 0 Å². The van der Waals surface area contributed by atoms with Crippen molar-refractivity contribution in [1.29, 1.82) is 0 Å². The van der Waals surface area contributed by atoms with E-state index >= 15 is 0 Å². The first-order chi connectivity index (χ1) is 9.11. The van der Waals surface area contributed by atoms with Crippen LogP contribution in [-0.4, -0.2) is 30.4 Å². The van der Waals surface area contributed by atoms with Gasteiger partial charge in [0.2, 0.25) is 0 Å². The van der Waals surface area contributed by atoms with Crippen LogP contribution in [0.2, 0.25) is 0 Å². The van der Waals surface area contributed by atoms with E-state index in [1.807, 2.05) is 13.0 Å². The molecular formula is C16H23NOSe. The van der Waals surface area contributed by atoms with Crippen LogP contribution >= 0.6 is 0 Å². The predicted octanol–water partition coefficient (Wildman–Crippen LogP) is 3.52. The Morgan fingerprint density at radius 2 is 2.05 bits per heavy atom. The topological polar surface area (TPSA) is 32.6 Å². The molecule has 0 unspecified atom stereocenters. The molecule has 1 aliphatic rings. The van der Waals surface area contributed by atoms with E-state index in [9.17, 15) is 5.11 Å². The predicted molar refractivity (Wildman–Crippen MR) is 81.8 cm³/mol. The third-order valence-electron chi connectivity index (χ3n) is 3.38. The number of aliphatic imine (C=N–C) groups is 1. The van der Waals surface area contributed by atoms with Crippen LogP contribution in [-0.2, 0) is 0 Å². The Kier molecular flexibility index (Phi) is 5.20. The summed E-state index contributed by atoms with van der Waals surface area (Å²) in [5.41, 5.74) is 0.480. The van der Waals surface area contributed by atoms with Crippen LogP contribution < -0.4 is 0 Å². The van der Waals surface area contributed by atoms with Crippen molar-refractivity contribution in [2.75, 3.05) is 0 Å². The van der Waals surface area contributed by atoms with Crippen molar-refractivity contribution in [3.8, 4) is 0 Å². The molecule has 1 aliphatic heterocycles. The summed E-state index contributed by atoms with van der Waals surface area (Å²) in [7, 11) is 0. The zero-order valence-corrected chi connectivity index (χ0v) is 13.5. The SMILES string of the molecule is CCCCCC1=N[C@](C)(O)C[C@H](c2ccccc2)[Se]1. The van der Waals surface area contributed by atoms with Gasteiger partial charge in [-0.3, -0.25) is 0 Å². The molecule has 0 radical (unpaired) electrons. The maximum absolute atomic E-state index is 10.4. The molecule has 19 heavy (non-hydrogen) atoms. The summed E-state index contributed by atoms with van der Waals surface area (Å²) >= 11 is 0.386. The molecule has 2 nitrogen and oxygen atoms in total. The fourth-order valence-electron chi connectivity index (χ4n) is 2.39. The van der Waals surface area contributed by atoms with Gasteiger partial charge in [0, 0.05) is 0 Å². The Morgan fingerprint density at radius 3 is 2.74 bits per heavy atom. The molecule has 1 aromatic carbocycles. The molecule has 0 aromatic heterocycles. The first-order valence-corrected chi connectivity index (χ1v) is 8.98. The minimum absolute atomic E-state index is 0.386. The number of hydrogen-bond acceptors (Lipinski definition) is 2. The van der Waals surface area contributed by atoms with Crippen LogP contribution in [0.5, 0.6) is 0 Å². The van der Waals surface area contributed by atoms with Crippen LogP contribution in [0, 0.1) is 0 Å². The Hall–Kier alpha value is -0.631. The molecule has 0 fully saturated rings. The first kappa shape index (κ1) is 14.8. The third-order valence-corrected chi connectivity index (χ3v) is 6.09. The molecule has 0 saturated carbocycles. The van der Waals surface area contributed by atoms with Crippen LogP contribution in [0.25, 0.3) is 0 Å². The van der Waals surface area contributed by atoms with Gasteiger partial charge in [0.05, 0.1) is 0 Å². The summed E-state index contributed by atoms with van der Waals surface area (Å²) in [4.78, 5) is 5.03. The van der Waals surface area contributed by atoms with Gasteiger partial charge in [0.1, 0.15) is 0 Å². The first-order valence-electron chi connectivity index (χ1n) is 7.13. The van der Waals surface area contributed by atoms with Gasteiger partial charge in [-0.15, -0.1) is 0 Å². The van der Waals surface area contributed by atoms with Crippen molar-refractivity contribution >= 4 is 19.6 Å². The molecule has 2 rings (SSSR count). The zero-order chi connectivity index (χ0) is 13.7. The Morgan fingerprint density at radius 1 is 1.32 bits per heavy atom. The number of benzene rings is 1. The van der Waals surface area contributed by atoms with Crippen LogP contribution in [0.1, 0.15) is 56.3 Å². The number of unbranched alkanes of at least 4 members (excludes halogenated alkanes) is 2. The number of hydrogen-bond donors (Lipinski definition) is 1. The van der Waals surface area contributed by atoms with Crippen molar-refractivity contribution < 1.29 is 5.11 Å². The molecular weight excluding hydrogens is 301 g/mol. The van der Waals surface area contributed by atoms with E-state index < -0.39 is 5.72 Å². The van der Waals surface area contributed by atoms with Gasteiger partial charge in [-0.05, 0) is 0 Å². The average molecular weight is 324 g/mol. The monoisotopic (exact) mass is 325 g/mol. The molecule has 1 aromatic rings. The quantitative estimate of drug-likeness (QED) is 0.652. The van der Waals surface area contributed by atoms with E-state index in [0.29, 0.717) is 19.8 Å². The molecule has 0 bridgehead atoms. The standard InChI is InChI=1S/C16H23NOSe/c1-3-4-6-11-15-17-16(2,18)12-14(19-15)13-9-7-5-8-10-13/h5,7-10,14,18H,3-4,6,11-12H2,1-2H3/t14-,16-/m1/s1. The summed E-state index contributed by atoms with van der Waals surface area (Å²) in [6.45, 7) is 4.06. The van der Waals surface area contributed by atoms with Gasteiger partial charge in [-0.1, -0.05) is 0 Å². The van der Waals surface area contributed by atoms with Gasteiger partial charge in [-0.2, -0.15) is 0 Å². The van der Waals surface area contributed by atoms with Crippen LogP contribution in [0.4, 0.5) is 0 Å². The number of aliphatic hydroxyl groups is 1. The molecule has 104 valence electrons. The molecule has 2 atom stereocenters. The summed E-state index contributed by atoms with van der Waals surface area (Å²) in [6, 6.07) is 10.6. The molecule has 0 amide bonds. The van der Waals surface area contributed by atoms with Crippen molar-refractivity contribution in [3.05, 3.63) is 35.9 Å². The molecule has 3 heteroatoms. The van der Waals surface area contributed by atoms with Gasteiger partial charge in [-0.25, -0.2) is 0 Å². The zero-order valence-electron chi connectivity index (χ0n) is 11.8. The second-order valence-electron chi connectivity index (χ2n) is 5.40. The van der Waals surface area contributed by atoms with E-state index in [1.165, 1.54) is 29.4 Å². The fourth-order valence-corrected chi connectivity index (χ4v) is 5.61. The van der Waals surface area contributed by atoms with Gasteiger partial charge in [0.15, 0.2) is 0 Å². The second-order valence-corrected chi connectivity index (χ2v) is 8.08. The van der Waals surface area contributed by atoms with Crippen molar-refractivity contribution in [3.63, 3.8) is 0 Å². The average Bonchev–Trinajstić information content (AvgIpc) is 2.38. The minimum atomic E-state index is -0.873. The molecule has 0 spiro atoms. The Labute approximate surface area is 122 Å². The van der Waals surface area contributed by atoms with E-state index in [-0.39, 0.29) is 0 Å². The molecule has 0 aliphatic carbocycles. The van der Waals surface area contributed by atoms with E-state index in [1.54, 1.807) is 0 Å². The Balaban J connectivity index is 2.07. The van der Waals surface area contributed by atoms with Gasteiger partial charge < -0.3 is 0 Å². The van der Waals surface area contributed by atoms with E-state index in [0.717, 1.165) is 12.8 Å². The van der Waals surface area contributed by atoms with E-state index in [4.69, 9.17) is 0 Å². The summed E-state index contributed by atoms with van der Waals surface area (Å²) < 4.78 is 1.26. The molecule has 1 N–H and O–H groups in total. The van der Waals surface area contributed by atoms with Gasteiger partial charge >= 0.3 is 122 Å². The maximum atomic E-state index is 10.4. The van der Waals surface area contributed by atoms with Crippen molar-refractivity contribution in [2.24, 2.45) is 4.99 Å². The second kappa shape index (κ2) is 6.69. The summed E-state index contributed by atoms with van der Waals surface area (Å²) in [5, 5.41) is 10.4. The third kappa shape index (κ3) is 4.45. The van der Waals surface area contributed by atoms with E-state index in [2.05, 4.69) is 36.2 Å². The molecule has 1 heterocycles. The number of nitrogens with zero attached hydrogens (tertiary/aromatic N) is 1. The van der Waals surface area contributed by atoms with Crippen LogP contribution in [0.3, 0.4) is 0 Å². The van der Waals surface area contributed by atoms with Crippen molar-refractivity contribution in [1.82, 2.24) is 0 Å².